The molecule has 2 aromatic heterocycles. The summed E-state index contributed by atoms with van der Waals surface area (Å²) in [6.07, 6.45) is 7.57. The second-order valence-electron chi connectivity index (χ2n) is 7.31. The van der Waals surface area contributed by atoms with E-state index in [2.05, 4.69) is 25.3 Å². The van der Waals surface area contributed by atoms with Crippen molar-refractivity contribution in [2.24, 2.45) is 5.92 Å². The molecule has 2 heterocycles. The van der Waals surface area contributed by atoms with Crippen LogP contribution in [0.25, 0.3) is 22.6 Å². The molecule has 0 radical (unpaired) electrons. The van der Waals surface area contributed by atoms with Crippen LogP contribution in [0.4, 0.5) is 5.82 Å². The predicted molar refractivity (Wildman–Crippen MR) is 105 cm³/mol. The number of nitrogen functional groups attached to an aromatic ring is 1. The molecule has 0 atom stereocenters. The topological polar surface area (TPSA) is 110 Å². The van der Waals surface area contributed by atoms with Gasteiger partial charge in [-0.25, -0.2) is 15.0 Å². The second kappa shape index (κ2) is 7.34. The first-order chi connectivity index (χ1) is 13.1. The fourth-order valence-electron chi connectivity index (χ4n) is 3.64. The average molecular weight is 364 g/mol. The Hall–Kier alpha value is -2.96. The minimum absolute atomic E-state index is 0.221. The molecule has 140 valence electrons. The minimum atomic E-state index is -0.221. The van der Waals surface area contributed by atoms with Crippen LogP contribution in [0.2, 0.25) is 0 Å². The fourth-order valence-corrected chi connectivity index (χ4v) is 3.64. The molecule has 1 amide bonds. The largest absolute Gasteiger partial charge is 0.382 e. The Morgan fingerprint density at radius 1 is 1.26 bits per heavy atom. The van der Waals surface area contributed by atoms with E-state index >= 15 is 0 Å². The highest BCUT2D eigenvalue weighted by molar-refractivity contribution is 5.93. The number of nitrogens with zero attached hydrogens (tertiary/aromatic N) is 3. The van der Waals surface area contributed by atoms with Crippen LogP contribution >= 0.6 is 0 Å². The van der Waals surface area contributed by atoms with Gasteiger partial charge in [0.15, 0.2) is 11.6 Å². The molecule has 1 aliphatic carbocycles. The number of hydrogen-bond donors (Lipinski definition) is 3. The average Bonchev–Trinajstić information content (AvgIpc) is 3.10. The Morgan fingerprint density at radius 2 is 2.07 bits per heavy atom. The summed E-state index contributed by atoms with van der Waals surface area (Å²) in [6, 6.07) is 5.95. The van der Waals surface area contributed by atoms with E-state index in [1.54, 1.807) is 0 Å². The van der Waals surface area contributed by atoms with E-state index in [9.17, 15) is 4.79 Å². The van der Waals surface area contributed by atoms with Crippen molar-refractivity contribution in [2.75, 3.05) is 12.3 Å². The summed E-state index contributed by atoms with van der Waals surface area (Å²) in [5, 5.41) is 2.99. The van der Waals surface area contributed by atoms with Gasteiger partial charge in [-0.2, -0.15) is 0 Å². The van der Waals surface area contributed by atoms with Crippen molar-refractivity contribution in [3.05, 3.63) is 35.7 Å². The molecular formula is C20H24N6O. The third-order valence-electron chi connectivity index (χ3n) is 5.17. The Bertz CT molecular complexity index is 974. The van der Waals surface area contributed by atoms with Crippen molar-refractivity contribution in [3.8, 4) is 11.5 Å². The van der Waals surface area contributed by atoms with E-state index in [4.69, 9.17) is 5.73 Å². The molecule has 4 rings (SSSR count). The molecule has 7 nitrogen and oxygen atoms in total. The maximum atomic E-state index is 12.5. The summed E-state index contributed by atoms with van der Waals surface area (Å²) in [6.45, 7) is 2.70. The normalized spacial score (nSPS) is 15.1. The zero-order valence-corrected chi connectivity index (χ0v) is 15.5. The van der Waals surface area contributed by atoms with E-state index < -0.39 is 0 Å². The molecule has 0 aliphatic heterocycles. The SMILES string of the molecule is Cc1ccc2nc(-c3nc(C(=O)NCC4CCCCC4)cnc3N)[nH]c2c1. The lowest BCUT2D eigenvalue weighted by Gasteiger charge is -2.21. The Kier molecular flexibility index (Phi) is 4.75. The summed E-state index contributed by atoms with van der Waals surface area (Å²) in [4.78, 5) is 28.9. The van der Waals surface area contributed by atoms with Crippen LogP contribution in [-0.4, -0.2) is 32.4 Å². The lowest BCUT2D eigenvalue weighted by atomic mass is 9.89. The summed E-state index contributed by atoms with van der Waals surface area (Å²) in [7, 11) is 0. The van der Waals surface area contributed by atoms with Gasteiger partial charge >= 0.3 is 0 Å². The van der Waals surface area contributed by atoms with Crippen LogP contribution in [0.3, 0.4) is 0 Å². The maximum Gasteiger partial charge on any atom is 0.271 e. The van der Waals surface area contributed by atoms with E-state index in [0.717, 1.165) is 16.6 Å². The van der Waals surface area contributed by atoms with Gasteiger partial charge < -0.3 is 16.0 Å². The van der Waals surface area contributed by atoms with Crippen LogP contribution in [0.15, 0.2) is 24.4 Å². The molecule has 1 fully saturated rings. The number of hydrogen-bond acceptors (Lipinski definition) is 5. The van der Waals surface area contributed by atoms with Gasteiger partial charge in [0, 0.05) is 6.54 Å². The molecule has 1 aliphatic rings. The molecule has 1 saturated carbocycles. The predicted octanol–water partition coefficient (Wildman–Crippen LogP) is 3.22. The van der Waals surface area contributed by atoms with Gasteiger partial charge in [-0.3, -0.25) is 4.79 Å². The number of imidazole rings is 1. The quantitative estimate of drug-likeness (QED) is 0.658. The number of carbonyl (C=O) groups excluding carboxylic acids is 1. The summed E-state index contributed by atoms with van der Waals surface area (Å²) in [5.74, 6) is 1.10. The van der Waals surface area contributed by atoms with Gasteiger partial charge in [0.05, 0.1) is 17.2 Å². The van der Waals surface area contributed by atoms with Crippen LogP contribution < -0.4 is 11.1 Å². The number of nitrogens with one attached hydrogen (secondary N) is 2. The molecule has 7 heteroatoms. The van der Waals surface area contributed by atoms with E-state index in [-0.39, 0.29) is 17.4 Å². The Labute approximate surface area is 157 Å². The highest BCUT2D eigenvalue weighted by Crippen LogP contribution is 2.24. The van der Waals surface area contributed by atoms with E-state index in [0.29, 0.717) is 24.0 Å². The third-order valence-corrected chi connectivity index (χ3v) is 5.17. The number of anilines is 1. The molecule has 0 unspecified atom stereocenters. The van der Waals surface area contributed by atoms with Gasteiger partial charge in [0.25, 0.3) is 5.91 Å². The second-order valence-corrected chi connectivity index (χ2v) is 7.31. The zero-order valence-electron chi connectivity index (χ0n) is 15.5. The van der Waals surface area contributed by atoms with Crippen molar-refractivity contribution in [1.82, 2.24) is 25.3 Å². The van der Waals surface area contributed by atoms with Crippen LogP contribution in [0.1, 0.15) is 48.2 Å². The van der Waals surface area contributed by atoms with Gasteiger partial charge in [-0.05, 0) is 43.4 Å². The number of amides is 1. The lowest BCUT2D eigenvalue weighted by molar-refractivity contribution is 0.0938. The molecule has 0 saturated heterocycles. The zero-order chi connectivity index (χ0) is 18.8. The standard InChI is InChI=1S/C20H24N6O/c1-12-7-8-14-15(9-12)26-19(25-14)17-18(21)22-11-16(24-17)20(27)23-10-13-5-3-2-4-6-13/h7-9,11,13H,2-6,10H2,1H3,(H2,21,22)(H,23,27)(H,25,26). The molecule has 4 N–H and O–H groups in total. The number of fused-ring (bicyclic) bond motifs is 1. The number of rotatable bonds is 4. The van der Waals surface area contributed by atoms with Crippen molar-refractivity contribution in [3.63, 3.8) is 0 Å². The van der Waals surface area contributed by atoms with Gasteiger partial charge in [0.2, 0.25) is 0 Å². The van der Waals surface area contributed by atoms with Gasteiger partial charge in [0.1, 0.15) is 11.4 Å². The van der Waals surface area contributed by atoms with Gasteiger partial charge in [-0.15, -0.1) is 0 Å². The summed E-state index contributed by atoms with van der Waals surface area (Å²) >= 11 is 0. The minimum Gasteiger partial charge on any atom is -0.382 e. The van der Waals surface area contributed by atoms with Crippen molar-refractivity contribution in [1.29, 1.82) is 0 Å². The highest BCUT2D eigenvalue weighted by atomic mass is 16.1. The number of aromatic nitrogens is 4. The highest BCUT2D eigenvalue weighted by Gasteiger charge is 2.18. The van der Waals surface area contributed by atoms with E-state index in [1.165, 1.54) is 38.3 Å². The van der Waals surface area contributed by atoms with Crippen LogP contribution in [-0.2, 0) is 0 Å². The summed E-state index contributed by atoms with van der Waals surface area (Å²) in [5.41, 5.74) is 9.51. The molecule has 3 aromatic rings. The lowest BCUT2D eigenvalue weighted by Crippen LogP contribution is -2.31. The van der Waals surface area contributed by atoms with Crippen molar-refractivity contribution >= 4 is 22.8 Å². The third kappa shape index (κ3) is 3.77. The first-order valence-corrected chi connectivity index (χ1v) is 9.47. The molecule has 0 spiro atoms. The molecule has 27 heavy (non-hydrogen) atoms. The number of benzene rings is 1. The van der Waals surface area contributed by atoms with Crippen LogP contribution in [0.5, 0.6) is 0 Å². The fraction of sp³-hybridized carbons (Fsp3) is 0.400. The number of aromatic amines is 1. The Balaban J connectivity index is 1.55. The number of aryl methyl sites for hydroxylation is 1. The monoisotopic (exact) mass is 364 g/mol. The van der Waals surface area contributed by atoms with Gasteiger partial charge in [-0.1, -0.05) is 25.3 Å². The number of carbonyl (C=O) groups is 1. The first kappa shape index (κ1) is 17.5. The van der Waals surface area contributed by atoms with Crippen molar-refractivity contribution < 1.29 is 4.79 Å². The molecule has 1 aromatic carbocycles. The number of nitrogens with two attached hydrogens (primary N) is 1. The first-order valence-electron chi connectivity index (χ1n) is 9.47. The van der Waals surface area contributed by atoms with Crippen molar-refractivity contribution in [2.45, 2.75) is 39.0 Å². The molecular weight excluding hydrogens is 340 g/mol. The number of H-pyrrole nitrogens is 1. The Morgan fingerprint density at radius 3 is 2.89 bits per heavy atom. The van der Waals surface area contributed by atoms with Crippen LogP contribution in [0, 0.1) is 12.8 Å². The van der Waals surface area contributed by atoms with E-state index in [1.807, 2.05) is 25.1 Å². The smallest absolute Gasteiger partial charge is 0.271 e. The maximum absolute atomic E-state index is 12.5. The summed E-state index contributed by atoms with van der Waals surface area (Å²) < 4.78 is 0. The molecule has 0 bridgehead atoms.